The molecule has 0 unspecified atom stereocenters. The van der Waals surface area contributed by atoms with Crippen LogP contribution in [0.2, 0.25) is 0 Å². The van der Waals surface area contributed by atoms with Crippen molar-refractivity contribution in [1.82, 2.24) is 9.38 Å². The number of benzene rings is 1. The first-order valence-corrected chi connectivity index (χ1v) is 6.36. The molecule has 4 heteroatoms. The molecule has 0 aliphatic rings. The number of ether oxygens (including phenoxy) is 1. The van der Waals surface area contributed by atoms with Gasteiger partial charge in [0.15, 0.2) is 0 Å². The zero-order valence-electron chi connectivity index (χ0n) is 11.1. The second-order valence-electron chi connectivity index (χ2n) is 4.57. The summed E-state index contributed by atoms with van der Waals surface area (Å²) >= 11 is 0. The number of fused-ring (bicyclic) bond motifs is 1. The second kappa shape index (κ2) is 5.17. The lowest BCUT2D eigenvalue weighted by atomic mass is 10.1. The molecular formula is C16H14N2O2. The van der Waals surface area contributed by atoms with Crippen molar-refractivity contribution in [2.24, 2.45) is 0 Å². The number of aromatic nitrogens is 2. The van der Waals surface area contributed by atoms with E-state index in [2.05, 4.69) is 4.98 Å². The fraction of sp³-hybridized carbons (Fsp3) is 0.125. The molecule has 0 N–H and O–H groups in total. The molecule has 2 aromatic heterocycles. The molecule has 0 amide bonds. The molecule has 4 nitrogen and oxygen atoms in total. The van der Waals surface area contributed by atoms with E-state index >= 15 is 0 Å². The van der Waals surface area contributed by atoms with Gasteiger partial charge < -0.3 is 9.14 Å². The summed E-state index contributed by atoms with van der Waals surface area (Å²) < 4.78 is 7.05. The first kappa shape index (κ1) is 12.4. The van der Waals surface area contributed by atoms with Gasteiger partial charge in [-0.15, -0.1) is 0 Å². The van der Waals surface area contributed by atoms with Crippen LogP contribution in [0.3, 0.4) is 0 Å². The Kier molecular flexibility index (Phi) is 3.21. The fourth-order valence-electron chi connectivity index (χ4n) is 2.17. The van der Waals surface area contributed by atoms with E-state index in [1.165, 1.54) is 0 Å². The van der Waals surface area contributed by atoms with Gasteiger partial charge >= 0.3 is 0 Å². The number of methoxy groups -OCH3 is 1. The van der Waals surface area contributed by atoms with Crippen molar-refractivity contribution in [2.75, 3.05) is 7.11 Å². The molecule has 0 atom stereocenters. The number of hydrogen-bond donors (Lipinski definition) is 0. The summed E-state index contributed by atoms with van der Waals surface area (Å²) in [5.41, 5.74) is 2.17. The van der Waals surface area contributed by atoms with Crippen LogP contribution in [0.1, 0.15) is 11.1 Å². The predicted octanol–water partition coefficient (Wildman–Crippen LogP) is 2.29. The standard InChI is InChI=1S/C16H14N2O2/c1-20-14-6-4-5-12(10-14)9-13-11-18-8-3-2-7-15(18)17-16(13)19/h2-8,10-11H,9H2,1H3. The van der Waals surface area contributed by atoms with E-state index in [0.29, 0.717) is 17.6 Å². The number of pyridine rings is 1. The first-order chi connectivity index (χ1) is 9.76. The monoisotopic (exact) mass is 266 g/mol. The SMILES string of the molecule is COc1cccc(Cc2cn3ccccc3nc2=O)c1. The third-order valence-corrected chi connectivity index (χ3v) is 3.18. The van der Waals surface area contributed by atoms with Crippen LogP contribution in [0.4, 0.5) is 0 Å². The van der Waals surface area contributed by atoms with Crippen molar-refractivity contribution < 1.29 is 4.74 Å². The second-order valence-corrected chi connectivity index (χ2v) is 4.57. The Bertz CT molecular complexity index is 809. The van der Waals surface area contributed by atoms with E-state index in [4.69, 9.17) is 4.74 Å². The number of hydrogen-bond acceptors (Lipinski definition) is 3. The van der Waals surface area contributed by atoms with E-state index < -0.39 is 0 Å². The minimum Gasteiger partial charge on any atom is -0.497 e. The van der Waals surface area contributed by atoms with Crippen LogP contribution in [-0.4, -0.2) is 16.5 Å². The van der Waals surface area contributed by atoms with Crippen molar-refractivity contribution in [1.29, 1.82) is 0 Å². The normalized spacial score (nSPS) is 10.7. The van der Waals surface area contributed by atoms with Gasteiger partial charge in [0.05, 0.1) is 7.11 Å². The van der Waals surface area contributed by atoms with Gasteiger partial charge in [0, 0.05) is 24.4 Å². The Morgan fingerprint density at radius 2 is 2.10 bits per heavy atom. The highest BCUT2D eigenvalue weighted by Gasteiger charge is 2.05. The van der Waals surface area contributed by atoms with E-state index in [9.17, 15) is 4.79 Å². The van der Waals surface area contributed by atoms with Crippen LogP contribution in [0.25, 0.3) is 5.65 Å². The summed E-state index contributed by atoms with van der Waals surface area (Å²) in [6.07, 6.45) is 4.27. The van der Waals surface area contributed by atoms with Crippen LogP contribution in [0, 0.1) is 0 Å². The topological polar surface area (TPSA) is 43.6 Å². The molecule has 0 saturated carbocycles. The van der Waals surface area contributed by atoms with Gasteiger partial charge in [-0.1, -0.05) is 18.2 Å². The largest absolute Gasteiger partial charge is 0.497 e. The third-order valence-electron chi connectivity index (χ3n) is 3.18. The fourth-order valence-corrected chi connectivity index (χ4v) is 2.17. The molecule has 0 bridgehead atoms. The van der Waals surface area contributed by atoms with Gasteiger partial charge in [0.1, 0.15) is 11.4 Å². The summed E-state index contributed by atoms with van der Waals surface area (Å²) in [6, 6.07) is 13.3. The molecule has 0 fully saturated rings. The highest BCUT2D eigenvalue weighted by atomic mass is 16.5. The van der Waals surface area contributed by atoms with E-state index in [-0.39, 0.29) is 5.56 Å². The lowest BCUT2D eigenvalue weighted by Gasteiger charge is -2.06. The summed E-state index contributed by atoms with van der Waals surface area (Å²) in [6.45, 7) is 0. The van der Waals surface area contributed by atoms with E-state index in [1.54, 1.807) is 7.11 Å². The Hall–Kier alpha value is -2.62. The lowest BCUT2D eigenvalue weighted by Crippen LogP contribution is -2.15. The van der Waals surface area contributed by atoms with Crippen LogP contribution in [0.5, 0.6) is 5.75 Å². The smallest absolute Gasteiger partial charge is 0.276 e. The lowest BCUT2D eigenvalue weighted by molar-refractivity contribution is 0.414. The summed E-state index contributed by atoms with van der Waals surface area (Å²) in [5, 5.41) is 0. The maximum Gasteiger partial charge on any atom is 0.276 e. The molecule has 3 rings (SSSR count). The Labute approximate surface area is 116 Å². The van der Waals surface area contributed by atoms with Crippen molar-refractivity contribution >= 4 is 5.65 Å². The number of rotatable bonds is 3. The van der Waals surface area contributed by atoms with Crippen molar-refractivity contribution in [2.45, 2.75) is 6.42 Å². The van der Waals surface area contributed by atoms with E-state index in [0.717, 1.165) is 11.3 Å². The summed E-state index contributed by atoms with van der Waals surface area (Å²) in [4.78, 5) is 16.1. The van der Waals surface area contributed by atoms with Crippen LogP contribution < -0.4 is 10.3 Å². The predicted molar refractivity (Wildman–Crippen MR) is 77.3 cm³/mol. The molecule has 0 aliphatic heterocycles. The Morgan fingerprint density at radius 1 is 1.20 bits per heavy atom. The highest BCUT2D eigenvalue weighted by Crippen LogP contribution is 2.14. The Balaban J connectivity index is 2.01. The summed E-state index contributed by atoms with van der Waals surface area (Å²) in [7, 11) is 1.63. The molecule has 3 aromatic rings. The quantitative estimate of drug-likeness (QED) is 0.730. The van der Waals surface area contributed by atoms with Gasteiger partial charge in [0.2, 0.25) is 0 Å². The van der Waals surface area contributed by atoms with Crippen LogP contribution >= 0.6 is 0 Å². The average molecular weight is 266 g/mol. The molecule has 1 aromatic carbocycles. The first-order valence-electron chi connectivity index (χ1n) is 6.36. The zero-order valence-corrected chi connectivity index (χ0v) is 11.1. The highest BCUT2D eigenvalue weighted by molar-refractivity contribution is 5.39. The van der Waals surface area contributed by atoms with E-state index in [1.807, 2.05) is 59.3 Å². The van der Waals surface area contributed by atoms with Gasteiger partial charge in [-0.25, -0.2) is 0 Å². The van der Waals surface area contributed by atoms with Gasteiger partial charge in [-0.05, 0) is 29.8 Å². The molecule has 2 heterocycles. The maximum absolute atomic E-state index is 12.0. The van der Waals surface area contributed by atoms with Crippen LogP contribution in [0.15, 0.2) is 59.7 Å². The average Bonchev–Trinajstić information content (AvgIpc) is 2.48. The van der Waals surface area contributed by atoms with Gasteiger partial charge in [0.25, 0.3) is 5.56 Å². The maximum atomic E-state index is 12.0. The minimum atomic E-state index is -0.181. The van der Waals surface area contributed by atoms with Crippen LogP contribution in [-0.2, 0) is 6.42 Å². The van der Waals surface area contributed by atoms with Crippen molar-refractivity contribution in [3.05, 3.63) is 76.3 Å². The molecule has 0 spiro atoms. The van der Waals surface area contributed by atoms with Crippen molar-refractivity contribution in [3.8, 4) is 5.75 Å². The van der Waals surface area contributed by atoms with Gasteiger partial charge in [-0.3, -0.25) is 4.79 Å². The molecule has 0 saturated heterocycles. The molecular weight excluding hydrogens is 252 g/mol. The summed E-state index contributed by atoms with van der Waals surface area (Å²) in [5.74, 6) is 0.788. The van der Waals surface area contributed by atoms with Crippen molar-refractivity contribution in [3.63, 3.8) is 0 Å². The Morgan fingerprint density at radius 3 is 2.95 bits per heavy atom. The molecule has 100 valence electrons. The zero-order chi connectivity index (χ0) is 13.9. The molecule has 0 aliphatic carbocycles. The molecule has 0 radical (unpaired) electrons. The minimum absolute atomic E-state index is 0.181. The molecule has 20 heavy (non-hydrogen) atoms. The third kappa shape index (κ3) is 2.40. The number of nitrogens with zero attached hydrogens (tertiary/aromatic N) is 2. The van der Waals surface area contributed by atoms with Gasteiger partial charge in [-0.2, -0.15) is 4.98 Å².